The first-order chi connectivity index (χ1) is 19.6. The minimum atomic E-state index is -3.81. The van der Waals surface area contributed by atoms with Crippen molar-refractivity contribution in [2.24, 2.45) is 0 Å². The molecule has 0 saturated carbocycles. The molecule has 5 aromatic rings. The zero-order chi connectivity index (χ0) is 27.5. The van der Waals surface area contributed by atoms with Crippen LogP contribution in [-0.2, 0) is 11.0 Å². The first-order valence-electron chi connectivity index (χ1n) is 13.2. The van der Waals surface area contributed by atoms with Gasteiger partial charge in [0.25, 0.3) is 0 Å². The van der Waals surface area contributed by atoms with E-state index >= 15 is 4.57 Å². The number of hydrogen-bond acceptors (Lipinski definition) is 6. The summed E-state index contributed by atoms with van der Waals surface area (Å²) in [6.07, 6.45) is 0.614. The van der Waals surface area contributed by atoms with Gasteiger partial charge in [-0.1, -0.05) is 91.0 Å². The second-order valence-electron chi connectivity index (χ2n) is 9.53. The minimum absolute atomic E-state index is 0.0192. The average molecular weight is 553 g/mol. The number of hydrogen-bond donors (Lipinski definition) is 2. The van der Waals surface area contributed by atoms with Crippen molar-refractivity contribution in [1.82, 2.24) is 0 Å². The van der Waals surface area contributed by atoms with Gasteiger partial charge < -0.3 is 24.2 Å². The molecule has 5 aromatic carbocycles. The highest BCUT2D eigenvalue weighted by Gasteiger charge is 2.42. The summed E-state index contributed by atoms with van der Waals surface area (Å²) in [7, 11) is -3.81. The molecule has 1 aliphatic rings. The molecule has 6 rings (SSSR count). The number of aliphatic hydroxyl groups excluding tert-OH is 2. The molecular weight excluding hydrogens is 523 g/mol. The lowest BCUT2D eigenvalue weighted by molar-refractivity contribution is 0.201. The van der Waals surface area contributed by atoms with Crippen LogP contribution in [0.3, 0.4) is 0 Å². The Morgan fingerprint density at radius 3 is 2.15 bits per heavy atom. The molecule has 1 unspecified atom stereocenters. The molecule has 2 N–H and O–H groups in total. The molecule has 0 bridgehead atoms. The molecule has 1 aliphatic heterocycles. The summed E-state index contributed by atoms with van der Waals surface area (Å²) in [5.74, 6) is 1.42. The zero-order valence-corrected chi connectivity index (χ0v) is 22.7. The van der Waals surface area contributed by atoms with Crippen LogP contribution < -0.4 is 24.6 Å². The fourth-order valence-electron chi connectivity index (χ4n) is 5.27. The molecule has 0 saturated heterocycles. The Morgan fingerprint density at radius 2 is 1.35 bits per heavy atom. The lowest BCUT2D eigenvalue weighted by atomic mass is 9.97. The maximum atomic E-state index is 15.4. The number of ether oxygens (including phenoxy) is 2. The maximum absolute atomic E-state index is 15.4. The van der Waals surface area contributed by atoms with Gasteiger partial charge in [0.2, 0.25) is 0 Å². The number of fused-ring (bicyclic) bond motifs is 4. The van der Waals surface area contributed by atoms with Crippen molar-refractivity contribution in [3.05, 3.63) is 114 Å². The number of para-hydroxylation sites is 1. The predicted molar refractivity (Wildman–Crippen MR) is 158 cm³/mol. The van der Waals surface area contributed by atoms with Crippen LogP contribution in [0, 0.1) is 0 Å². The fraction of sp³-hybridized carbons (Fsp3) is 0.152. The molecule has 0 aliphatic carbocycles. The van der Waals surface area contributed by atoms with E-state index in [0.29, 0.717) is 39.7 Å². The van der Waals surface area contributed by atoms with Crippen LogP contribution in [0.4, 0.5) is 0 Å². The van der Waals surface area contributed by atoms with Gasteiger partial charge in [0.15, 0.2) is 0 Å². The third-order valence-electron chi connectivity index (χ3n) is 7.01. The molecule has 0 spiro atoms. The van der Waals surface area contributed by atoms with Crippen molar-refractivity contribution in [3.8, 4) is 28.4 Å². The van der Waals surface area contributed by atoms with Crippen molar-refractivity contribution in [1.29, 1.82) is 0 Å². The molecule has 1 atom stereocenters. The molecule has 7 heteroatoms. The SMILES string of the molecule is O=P1(c2cc(OCCO)c3ccccc3c2OCCO)Oc2c(Cc3ccccc3)cccc2-c2ccccc21. The summed E-state index contributed by atoms with van der Waals surface area (Å²) >= 11 is 0. The average Bonchev–Trinajstić information content (AvgIpc) is 3.00. The Balaban J connectivity index is 1.60. The van der Waals surface area contributed by atoms with E-state index in [1.165, 1.54) is 0 Å². The van der Waals surface area contributed by atoms with E-state index in [4.69, 9.17) is 14.0 Å². The van der Waals surface area contributed by atoms with Crippen LogP contribution in [0.25, 0.3) is 21.9 Å². The van der Waals surface area contributed by atoms with Gasteiger partial charge in [0.05, 0.1) is 23.8 Å². The molecule has 0 amide bonds. The van der Waals surface area contributed by atoms with E-state index in [0.717, 1.165) is 27.6 Å². The molecule has 0 aromatic heterocycles. The van der Waals surface area contributed by atoms with Gasteiger partial charge in [0.1, 0.15) is 30.5 Å². The van der Waals surface area contributed by atoms with Crippen molar-refractivity contribution in [3.63, 3.8) is 0 Å². The Morgan fingerprint density at radius 1 is 0.675 bits per heavy atom. The van der Waals surface area contributed by atoms with E-state index in [9.17, 15) is 10.2 Å². The van der Waals surface area contributed by atoms with Crippen molar-refractivity contribution < 1.29 is 28.8 Å². The molecule has 0 fully saturated rings. The largest absolute Gasteiger partial charge is 0.491 e. The lowest BCUT2D eigenvalue weighted by Crippen LogP contribution is -2.27. The Bertz CT molecular complexity index is 1720. The first-order valence-corrected chi connectivity index (χ1v) is 14.9. The van der Waals surface area contributed by atoms with Gasteiger partial charge in [0, 0.05) is 22.8 Å². The second kappa shape index (κ2) is 11.2. The van der Waals surface area contributed by atoms with Gasteiger partial charge in [-0.25, -0.2) is 0 Å². The van der Waals surface area contributed by atoms with E-state index in [-0.39, 0.29) is 26.4 Å². The van der Waals surface area contributed by atoms with Crippen LogP contribution in [0.5, 0.6) is 17.2 Å². The zero-order valence-electron chi connectivity index (χ0n) is 21.8. The predicted octanol–water partition coefficient (Wildman–Crippen LogP) is 5.46. The van der Waals surface area contributed by atoms with Gasteiger partial charge in [-0.05, 0) is 28.8 Å². The van der Waals surface area contributed by atoms with Crippen LogP contribution in [0.1, 0.15) is 11.1 Å². The van der Waals surface area contributed by atoms with E-state index in [2.05, 4.69) is 12.1 Å². The fourth-order valence-corrected chi connectivity index (χ4v) is 7.73. The molecule has 0 radical (unpaired) electrons. The maximum Gasteiger partial charge on any atom is 0.311 e. The summed E-state index contributed by atoms with van der Waals surface area (Å²) in [4.78, 5) is 0. The summed E-state index contributed by atoms with van der Waals surface area (Å²) in [6, 6.07) is 32.9. The van der Waals surface area contributed by atoms with E-state index < -0.39 is 7.37 Å². The standard InChI is InChI=1S/C33H29O6P/c34-17-19-37-29-22-31(33(38-20-18-35)27-14-5-4-12-25(27)29)40(36)30-16-7-6-13-26(30)28-15-8-11-24(32(28)39-40)21-23-9-2-1-3-10-23/h1-16,22,34-35H,17-21H2. The Hall–Kier alpha value is -4.09. The number of aliphatic hydroxyl groups is 2. The number of benzene rings is 5. The third kappa shape index (κ3) is 4.65. The van der Waals surface area contributed by atoms with Crippen LogP contribution in [0.2, 0.25) is 0 Å². The molecule has 1 heterocycles. The van der Waals surface area contributed by atoms with E-state index in [1.54, 1.807) is 6.07 Å². The highest BCUT2D eigenvalue weighted by Crippen LogP contribution is 2.57. The van der Waals surface area contributed by atoms with Gasteiger partial charge in [-0.2, -0.15) is 0 Å². The monoisotopic (exact) mass is 552 g/mol. The smallest absolute Gasteiger partial charge is 0.311 e. The molecular formula is C33H29O6P. The number of rotatable bonds is 9. The third-order valence-corrected chi connectivity index (χ3v) is 9.44. The van der Waals surface area contributed by atoms with Gasteiger partial charge >= 0.3 is 7.37 Å². The topological polar surface area (TPSA) is 85.2 Å². The summed E-state index contributed by atoms with van der Waals surface area (Å²) in [5.41, 5.74) is 3.76. The first kappa shape index (κ1) is 26.1. The van der Waals surface area contributed by atoms with Crippen LogP contribution >= 0.6 is 7.37 Å². The van der Waals surface area contributed by atoms with E-state index in [1.807, 2.05) is 84.9 Å². The van der Waals surface area contributed by atoms with Crippen molar-refractivity contribution >= 4 is 28.8 Å². The molecule has 202 valence electrons. The molecule has 40 heavy (non-hydrogen) atoms. The van der Waals surface area contributed by atoms with Crippen LogP contribution in [-0.4, -0.2) is 36.6 Å². The quantitative estimate of drug-likeness (QED) is 0.236. The lowest BCUT2D eigenvalue weighted by Gasteiger charge is -2.32. The second-order valence-corrected chi connectivity index (χ2v) is 11.8. The van der Waals surface area contributed by atoms with Crippen molar-refractivity contribution in [2.75, 3.05) is 26.4 Å². The van der Waals surface area contributed by atoms with Gasteiger partial charge in [-0.3, -0.25) is 4.57 Å². The minimum Gasteiger partial charge on any atom is -0.491 e. The highest BCUT2D eigenvalue weighted by molar-refractivity contribution is 7.75. The highest BCUT2D eigenvalue weighted by atomic mass is 31.2. The van der Waals surface area contributed by atoms with Crippen LogP contribution in [0.15, 0.2) is 103 Å². The summed E-state index contributed by atoms with van der Waals surface area (Å²) < 4.78 is 34.1. The summed E-state index contributed by atoms with van der Waals surface area (Å²) in [6.45, 7) is -0.278. The molecule has 6 nitrogen and oxygen atoms in total. The Labute approximate surface area is 232 Å². The van der Waals surface area contributed by atoms with Crippen molar-refractivity contribution in [2.45, 2.75) is 6.42 Å². The Kier molecular flexibility index (Phi) is 7.31. The summed E-state index contributed by atoms with van der Waals surface area (Å²) in [5, 5.41) is 21.4. The normalized spacial score (nSPS) is 15.7. The van der Waals surface area contributed by atoms with Gasteiger partial charge in [-0.15, -0.1) is 0 Å².